The second-order valence-electron chi connectivity index (χ2n) is 7.23. The van der Waals surface area contributed by atoms with E-state index in [0.29, 0.717) is 0 Å². The summed E-state index contributed by atoms with van der Waals surface area (Å²) < 4.78 is 27.7. The number of amides is 3. The molecule has 0 aromatic heterocycles. The van der Waals surface area contributed by atoms with Crippen LogP contribution in [0.3, 0.4) is 0 Å². The number of hydrogen-bond donors (Lipinski definition) is 1. The monoisotopic (exact) mass is 443 g/mol. The van der Waals surface area contributed by atoms with E-state index in [1.54, 1.807) is 27.7 Å². The highest BCUT2D eigenvalue weighted by atomic mass is 35.5. The Morgan fingerprint density at radius 2 is 1.62 bits per heavy atom. The molecule has 0 saturated carbocycles. The molecule has 29 heavy (non-hydrogen) atoms. The molecule has 1 N–H and O–H groups in total. The fraction of sp³-hybridized carbons (Fsp3) is 0.300. The van der Waals surface area contributed by atoms with Crippen LogP contribution in [0.5, 0.6) is 0 Å². The van der Waals surface area contributed by atoms with Crippen molar-refractivity contribution in [2.45, 2.75) is 33.2 Å². The van der Waals surface area contributed by atoms with Crippen molar-refractivity contribution in [3.8, 4) is 0 Å². The molecule has 0 unspecified atom stereocenters. The zero-order chi connectivity index (χ0) is 21.9. The number of carbonyl (C=O) groups is 2. The lowest BCUT2D eigenvalue weighted by atomic mass is 10.1. The smallest absolute Gasteiger partial charge is 0.290 e. The average molecular weight is 444 g/mol. The van der Waals surface area contributed by atoms with Gasteiger partial charge in [-0.05, 0) is 58.0 Å². The van der Waals surface area contributed by atoms with Gasteiger partial charge in [-0.1, -0.05) is 23.2 Å². The maximum Gasteiger partial charge on any atom is 0.340 e. The van der Waals surface area contributed by atoms with Gasteiger partial charge >= 0.3 is 6.03 Å². The average Bonchev–Trinajstić information content (AvgIpc) is 2.61. The topological polar surface area (TPSA) is 52.7 Å². The Morgan fingerprint density at radius 1 is 1.03 bits per heavy atom. The van der Waals surface area contributed by atoms with Gasteiger partial charge in [0, 0.05) is 28.2 Å². The second-order valence-corrected chi connectivity index (χ2v) is 8.10. The van der Waals surface area contributed by atoms with Crippen LogP contribution >= 0.6 is 23.2 Å². The van der Waals surface area contributed by atoms with Gasteiger partial charge in [-0.3, -0.25) is 9.69 Å². The summed E-state index contributed by atoms with van der Waals surface area (Å²) in [5, 5.41) is 1.62. The van der Waals surface area contributed by atoms with Crippen molar-refractivity contribution in [2.24, 2.45) is 0 Å². The quantitative estimate of drug-likeness (QED) is 0.621. The molecule has 2 aromatic rings. The first-order valence-electron chi connectivity index (χ1n) is 8.78. The van der Waals surface area contributed by atoms with E-state index in [0.717, 1.165) is 28.1 Å². The Bertz CT molecular complexity index is 912. The van der Waals surface area contributed by atoms with E-state index in [1.807, 2.05) is 0 Å². The summed E-state index contributed by atoms with van der Waals surface area (Å²) in [5.41, 5.74) is 1.57. The Morgan fingerprint density at radius 3 is 2.14 bits per heavy atom. The minimum atomic E-state index is -0.846. The summed E-state index contributed by atoms with van der Waals surface area (Å²) in [5.74, 6) is -2.02. The van der Waals surface area contributed by atoms with E-state index in [1.165, 1.54) is 18.2 Å². The van der Waals surface area contributed by atoms with E-state index < -0.39 is 29.1 Å². The number of carbonyl (C=O) groups excluding carboxylic acids is 2. The van der Waals surface area contributed by atoms with Gasteiger partial charge in [0.05, 0.1) is 11.2 Å². The molecule has 2 rings (SSSR count). The molecule has 0 aliphatic carbocycles. The van der Waals surface area contributed by atoms with Crippen LogP contribution in [0.1, 0.15) is 38.1 Å². The first-order valence-corrected chi connectivity index (χ1v) is 9.53. The largest absolute Gasteiger partial charge is 0.340 e. The Kier molecular flexibility index (Phi) is 7.08. The number of benzene rings is 2. The highest BCUT2D eigenvalue weighted by molar-refractivity contribution is 6.35. The fourth-order valence-corrected chi connectivity index (χ4v) is 3.13. The highest BCUT2D eigenvalue weighted by Crippen LogP contribution is 2.24. The number of hydrazine groups is 1. The van der Waals surface area contributed by atoms with Gasteiger partial charge in [-0.15, -0.1) is 0 Å². The Labute approximate surface area is 178 Å². The third kappa shape index (κ3) is 5.58. The lowest BCUT2D eigenvalue weighted by Crippen LogP contribution is -2.59. The number of halogens is 4. The van der Waals surface area contributed by atoms with Gasteiger partial charge in [0.25, 0.3) is 5.91 Å². The van der Waals surface area contributed by atoms with Gasteiger partial charge in [0.1, 0.15) is 11.6 Å². The number of rotatable bonds is 3. The van der Waals surface area contributed by atoms with E-state index in [4.69, 9.17) is 23.2 Å². The molecule has 5 nitrogen and oxygen atoms in total. The van der Waals surface area contributed by atoms with Gasteiger partial charge in [-0.2, -0.15) is 0 Å². The van der Waals surface area contributed by atoms with Crippen molar-refractivity contribution < 1.29 is 18.4 Å². The van der Waals surface area contributed by atoms with Crippen LogP contribution in [0, 0.1) is 11.6 Å². The predicted octanol–water partition coefficient (Wildman–Crippen LogP) is 5.66. The normalized spacial score (nSPS) is 11.2. The van der Waals surface area contributed by atoms with Crippen LogP contribution in [0.4, 0.5) is 19.3 Å². The van der Waals surface area contributed by atoms with E-state index in [2.05, 4.69) is 5.43 Å². The molecular weight excluding hydrogens is 423 g/mol. The zero-order valence-corrected chi connectivity index (χ0v) is 17.9. The summed E-state index contributed by atoms with van der Waals surface area (Å²) in [6.07, 6.45) is 0. The van der Waals surface area contributed by atoms with Gasteiger partial charge in [0.15, 0.2) is 0 Å². The van der Waals surface area contributed by atoms with E-state index in [9.17, 15) is 18.4 Å². The Balaban J connectivity index is 2.37. The molecule has 0 heterocycles. The predicted molar refractivity (Wildman–Crippen MR) is 110 cm³/mol. The molecule has 0 aliphatic rings. The van der Waals surface area contributed by atoms with Crippen LogP contribution in [-0.4, -0.2) is 29.0 Å². The highest BCUT2D eigenvalue weighted by Gasteiger charge is 2.31. The van der Waals surface area contributed by atoms with Crippen LogP contribution in [0.25, 0.3) is 0 Å². The van der Waals surface area contributed by atoms with Crippen molar-refractivity contribution in [3.63, 3.8) is 0 Å². The molecule has 2 aromatic carbocycles. The van der Waals surface area contributed by atoms with Crippen molar-refractivity contribution >= 4 is 40.8 Å². The number of urea groups is 1. The summed E-state index contributed by atoms with van der Waals surface area (Å²) in [6, 6.07) is 6.33. The van der Waals surface area contributed by atoms with Crippen molar-refractivity contribution in [2.75, 3.05) is 11.4 Å². The number of hydrogen-bond acceptors (Lipinski definition) is 2. The molecule has 0 bridgehead atoms. The Hall–Kier alpha value is -2.38. The minimum Gasteiger partial charge on any atom is -0.290 e. The zero-order valence-electron chi connectivity index (χ0n) is 16.4. The van der Waals surface area contributed by atoms with Gasteiger partial charge in [0.2, 0.25) is 0 Å². The summed E-state index contributed by atoms with van der Waals surface area (Å²) in [4.78, 5) is 26.9. The maximum atomic E-state index is 14.2. The number of anilines is 1. The minimum absolute atomic E-state index is 0.0430. The third-order valence-electron chi connectivity index (χ3n) is 3.95. The summed E-state index contributed by atoms with van der Waals surface area (Å²) >= 11 is 12.0. The second kappa shape index (κ2) is 8.97. The van der Waals surface area contributed by atoms with E-state index >= 15 is 0 Å². The lowest BCUT2D eigenvalue weighted by molar-refractivity contribution is 0.0456. The molecule has 0 fully saturated rings. The molecule has 0 radical (unpaired) electrons. The van der Waals surface area contributed by atoms with Crippen molar-refractivity contribution in [1.82, 2.24) is 10.4 Å². The maximum absolute atomic E-state index is 14.2. The molecule has 9 heteroatoms. The SMILES string of the molecule is CCN(C(=O)NN(C(=O)c1cc(Cl)cc(Cl)c1)C(C)(C)C)c1cc(F)ccc1F. The first kappa shape index (κ1) is 22.9. The summed E-state index contributed by atoms with van der Waals surface area (Å²) in [6.45, 7) is 6.76. The van der Waals surface area contributed by atoms with Crippen molar-refractivity contribution in [1.29, 1.82) is 0 Å². The molecule has 156 valence electrons. The first-order chi connectivity index (χ1) is 13.4. The molecule has 3 amide bonds. The molecule has 0 saturated heterocycles. The van der Waals surface area contributed by atoms with E-state index in [-0.39, 0.29) is 27.8 Å². The number of nitrogens with zero attached hydrogens (tertiary/aromatic N) is 2. The molecular formula is C20H21Cl2F2N3O2. The van der Waals surface area contributed by atoms with Gasteiger partial charge < -0.3 is 0 Å². The summed E-state index contributed by atoms with van der Waals surface area (Å²) in [7, 11) is 0. The molecule has 0 spiro atoms. The molecule has 0 aliphatic heterocycles. The van der Waals surface area contributed by atoms with Crippen molar-refractivity contribution in [3.05, 3.63) is 63.6 Å². The van der Waals surface area contributed by atoms with Crippen LogP contribution in [0.15, 0.2) is 36.4 Å². The third-order valence-corrected chi connectivity index (χ3v) is 4.39. The number of nitrogens with one attached hydrogen (secondary N) is 1. The van der Waals surface area contributed by atoms with Crippen LogP contribution in [-0.2, 0) is 0 Å². The fourth-order valence-electron chi connectivity index (χ4n) is 2.60. The van der Waals surface area contributed by atoms with Gasteiger partial charge in [-0.25, -0.2) is 24.0 Å². The van der Waals surface area contributed by atoms with Crippen LogP contribution < -0.4 is 10.3 Å². The van der Waals surface area contributed by atoms with Crippen LogP contribution in [0.2, 0.25) is 10.0 Å². The molecule has 0 atom stereocenters. The standard InChI is InChI=1S/C20H21Cl2F2N3O2/c1-5-26(17-11-15(23)6-7-16(17)24)19(29)25-27(20(2,3)4)18(28)12-8-13(21)10-14(22)9-12/h6-11H,5H2,1-4H3,(H,25,29). The lowest BCUT2D eigenvalue weighted by Gasteiger charge is -2.37.